The minimum absolute atomic E-state index is 0. The molecule has 5 nitrogen and oxygen atoms in total. The number of hydrogen-bond donors (Lipinski definition) is 4. The van der Waals surface area contributed by atoms with Crippen molar-refractivity contribution in [2.24, 2.45) is 0 Å². The molecule has 0 aromatic rings. The van der Waals surface area contributed by atoms with Gasteiger partial charge in [0, 0.05) is 14.2 Å². The molecule has 0 bridgehead atoms. The Morgan fingerprint density at radius 2 is 1.40 bits per heavy atom. The van der Waals surface area contributed by atoms with Gasteiger partial charge in [0.1, 0.15) is 0 Å². The summed E-state index contributed by atoms with van der Waals surface area (Å²) < 4.78 is 0. The summed E-state index contributed by atoms with van der Waals surface area (Å²) in [6.07, 6.45) is 0. The van der Waals surface area contributed by atoms with Gasteiger partial charge in [-0.15, -0.1) is 0 Å². The van der Waals surface area contributed by atoms with Crippen LogP contribution in [0.15, 0.2) is 0 Å². The lowest BCUT2D eigenvalue weighted by Gasteiger charge is -1.85. The van der Waals surface area contributed by atoms with Crippen molar-refractivity contribution in [3.63, 3.8) is 0 Å². The van der Waals surface area contributed by atoms with Gasteiger partial charge in [0.2, 0.25) is 0 Å². The monoisotopic (exact) mass is 157 g/mol. The van der Waals surface area contributed by atoms with Crippen molar-refractivity contribution in [2.45, 2.75) is 6.92 Å². The normalized spacial score (nSPS) is 5.40. The molecule has 5 heteroatoms. The van der Waals surface area contributed by atoms with Crippen LogP contribution < -0.4 is 5.32 Å². The van der Waals surface area contributed by atoms with Gasteiger partial charge in [-0.25, -0.2) is 0 Å². The van der Waals surface area contributed by atoms with E-state index in [2.05, 4.69) is 5.32 Å². The van der Waals surface area contributed by atoms with Gasteiger partial charge in [-0.3, -0.25) is 5.32 Å². The minimum Gasteiger partial charge on any atom is -0.412 e. The molecule has 0 aromatic carbocycles. The largest absolute Gasteiger partial charge is 0.412 e. The summed E-state index contributed by atoms with van der Waals surface area (Å²) in [4.78, 5) is 0. The smallest absolute Gasteiger partial charge is 0.0931 e. The molecule has 0 atom stereocenters. The first-order valence-electron chi connectivity index (χ1n) is 2.62. The molecule has 0 spiro atoms. The maximum atomic E-state index is 7.96. The first kappa shape index (κ1) is 22.6. The third-order valence-corrected chi connectivity index (χ3v) is 0.362. The van der Waals surface area contributed by atoms with E-state index in [0.29, 0.717) is 0 Å². The summed E-state index contributed by atoms with van der Waals surface area (Å²) >= 11 is 0. The highest BCUT2D eigenvalue weighted by Crippen LogP contribution is 1.43. The molecular formula is C5H19NO4. The molecule has 0 fully saturated rings. The molecule has 0 aliphatic carbocycles. The van der Waals surface area contributed by atoms with Gasteiger partial charge in [0.25, 0.3) is 0 Å². The number of hydrogen-bond acceptors (Lipinski definition) is 4. The Balaban J connectivity index is -0.0000000315. The van der Waals surface area contributed by atoms with Crippen LogP contribution in [0, 0.1) is 0 Å². The minimum atomic E-state index is 0. The summed E-state index contributed by atoms with van der Waals surface area (Å²) in [5.74, 6) is 0. The molecule has 0 aliphatic heterocycles. The number of aliphatic hydroxyl groups is 3. The van der Waals surface area contributed by atoms with E-state index in [0.717, 1.165) is 20.8 Å². The fourth-order valence-electron chi connectivity index (χ4n) is 0.112. The van der Waals surface area contributed by atoms with E-state index < -0.39 is 0 Å². The quantitative estimate of drug-likeness (QED) is 0.346. The molecule has 0 radical (unpaired) electrons. The summed E-state index contributed by atoms with van der Waals surface area (Å²) in [6, 6.07) is 0. The highest BCUT2D eigenvalue weighted by molar-refractivity contribution is 4.20. The highest BCUT2D eigenvalue weighted by atomic mass is 16.3. The first-order chi connectivity index (χ1) is 4.41. The van der Waals surface area contributed by atoms with Crippen molar-refractivity contribution in [2.75, 3.05) is 27.5 Å². The fourth-order valence-corrected chi connectivity index (χ4v) is 0.112. The van der Waals surface area contributed by atoms with Gasteiger partial charge in [-0.05, 0) is 6.54 Å². The Kier molecular flexibility index (Phi) is 154. The summed E-state index contributed by atoms with van der Waals surface area (Å²) in [6.45, 7) is 2.88. The molecule has 0 saturated heterocycles. The first-order valence-corrected chi connectivity index (χ1v) is 2.62. The molecule has 68 valence electrons. The molecular weight excluding hydrogens is 138 g/mol. The maximum Gasteiger partial charge on any atom is 0.0931 e. The Bertz CT molecular complexity index is 21.1. The van der Waals surface area contributed by atoms with Crippen molar-refractivity contribution in [3.05, 3.63) is 0 Å². The van der Waals surface area contributed by atoms with Crippen LogP contribution in [0.25, 0.3) is 0 Å². The van der Waals surface area contributed by atoms with Crippen molar-refractivity contribution >= 4 is 0 Å². The van der Waals surface area contributed by atoms with Gasteiger partial charge in [0.15, 0.2) is 0 Å². The molecule has 0 rings (SSSR count). The molecule has 0 unspecified atom stereocenters. The van der Waals surface area contributed by atoms with Crippen molar-refractivity contribution in [1.82, 2.24) is 5.32 Å². The zero-order chi connectivity index (χ0) is 8.12. The average Bonchev–Trinajstić information content (AvgIpc) is 1.98. The summed E-state index contributed by atoms with van der Waals surface area (Å²) in [5, 5.41) is 24.6. The Hall–Kier alpha value is -0.200. The summed E-state index contributed by atoms with van der Waals surface area (Å²) in [5.41, 5.74) is 0. The van der Waals surface area contributed by atoms with E-state index >= 15 is 0 Å². The van der Waals surface area contributed by atoms with Crippen LogP contribution in [-0.2, 0) is 0 Å². The van der Waals surface area contributed by atoms with E-state index in [9.17, 15) is 0 Å². The van der Waals surface area contributed by atoms with E-state index in [-0.39, 0.29) is 12.2 Å². The molecule has 6 N–H and O–H groups in total. The van der Waals surface area contributed by atoms with Crippen molar-refractivity contribution < 1.29 is 20.8 Å². The van der Waals surface area contributed by atoms with Crippen LogP contribution >= 0.6 is 0 Å². The van der Waals surface area contributed by atoms with Crippen LogP contribution in [0.4, 0.5) is 0 Å². The maximum absolute atomic E-state index is 7.96. The second-order valence-corrected chi connectivity index (χ2v) is 0.762. The van der Waals surface area contributed by atoms with Gasteiger partial charge < -0.3 is 20.8 Å². The fraction of sp³-hybridized carbons (Fsp3) is 1.00. The van der Waals surface area contributed by atoms with E-state index in [4.69, 9.17) is 15.3 Å². The second-order valence-electron chi connectivity index (χ2n) is 0.762. The van der Waals surface area contributed by atoms with Crippen LogP contribution in [0.3, 0.4) is 0 Å². The second kappa shape index (κ2) is 68.3. The zero-order valence-electron chi connectivity index (χ0n) is 6.76. The third-order valence-electron chi connectivity index (χ3n) is 0.362. The van der Waals surface area contributed by atoms with E-state index in [1.54, 1.807) is 0 Å². The molecule has 0 saturated carbocycles. The number of aliphatic hydroxyl groups excluding tert-OH is 3. The summed E-state index contributed by atoms with van der Waals surface area (Å²) in [7, 11) is 2.00. The van der Waals surface area contributed by atoms with Crippen molar-refractivity contribution in [1.29, 1.82) is 0 Å². The van der Waals surface area contributed by atoms with Gasteiger partial charge in [0.05, 0.1) is 6.73 Å². The molecule has 0 aromatic heterocycles. The SMILES string of the molecule is CCNCO.CO.CO.O. The van der Waals surface area contributed by atoms with Gasteiger partial charge >= 0.3 is 0 Å². The molecule has 0 heterocycles. The van der Waals surface area contributed by atoms with Gasteiger partial charge in [-0.1, -0.05) is 6.92 Å². The molecule has 0 amide bonds. The lowest BCUT2D eigenvalue weighted by molar-refractivity contribution is 0.264. The topological polar surface area (TPSA) is 104 Å². The zero-order valence-corrected chi connectivity index (χ0v) is 6.76. The van der Waals surface area contributed by atoms with Crippen LogP contribution in [-0.4, -0.2) is 48.3 Å². The Morgan fingerprint density at radius 1 is 1.10 bits per heavy atom. The predicted molar refractivity (Wildman–Crippen MR) is 40.7 cm³/mol. The van der Waals surface area contributed by atoms with E-state index in [1.165, 1.54) is 0 Å². The Labute approximate surface area is 61.6 Å². The van der Waals surface area contributed by atoms with Crippen LogP contribution in [0.5, 0.6) is 0 Å². The molecule has 10 heavy (non-hydrogen) atoms. The number of nitrogens with one attached hydrogen (secondary N) is 1. The van der Waals surface area contributed by atoms with Crippen LogP contribution in [0.2, 0.25) is 0 Å². The van der Waals surface area contributed by atoms with Crippen LogP contribution in [0.1, 0.15) is 6.92 Å². The number of rotatable bonds is 2. The molecule has 0 aliphatic rings. The predicted octanol–water partition coefficient (Wildman–Crippen LogP) is -2.06. The van der Waals surface area contributed by atoms with Gasteiger partial charge in [-0.2, -0.15) is 0 Å². The third kappa shape index (κ3) is 111. The Morgan fingerprint density at radius 3 is 1.40 bits per heavy atom. The average molecular weight is 157 g/mol. The standard InChI is InChI=1S/C3H9NO.2CH4O.H2O/c1-2-4-3-5;2*1-2;/h4-5H,2-3H2,1H3;2*2H,1H3;1H2. The van der Waals surface area contributed by atoms with E-state index in [1.807, 2.05) is 6.92 Å². The lowest BCUT2D eigenvalue weighted by atomic mass is 10.8. The lowest BCUT2D eigenvalue weighted by Crippen LogP contribution is -2.12. The van der Waals surface area contributed by atoms with Crippen molar-refractivity contribution in [3.8, 4) is 0 Å². The highest BCUT2D eigenvalue weighted by Gasteiger charge is 1.63.